The van der Waals surface area contributed by atoms with Crippen molar-refractivity contribution in [3.05, 3.63) is 34.6 Å². The van der Waals surface area contributed by atoms with Gasteiger partial charge in [-0.05, 0) is 62.4 Å². The lowest BCUT2D eigenvalue weighted by Crippen LogP contribution is -2.24. The van der Waals surface area contributed by atoms with Gasteiger partial charge in [-0.2, -0.15) is 11.8 Å². The second-order valence-electron chi connectivity index (χ2n) is 4.77. The SMILES string of the molecule is CCCNC(CCSC)c1c(C)cc(C)cc1F. The van der Waals surface area contributed by atoms with Crippen LogP contribution in [0.5, 0.6) is 0 Å². The van der Waals surface area contributed by atoms with Crippen LogP contribution in [-0.4, -0.2) is 18.6 Å². The molecule has 0 aliphatic heterocycles. The number of benzene rings is 1. The third-order valence-electron chi connectivity index (χ3n) is 3.08. The Kier molecular flexibility index (Phi) is 6.72. The second kappa shape index (κ2) is 7.80. The van der Waals surface area contributed by atoms with Crippen LogP contribution in [0.25, 0.3) is 0 Å². The molecule has 0 saturated carbocycles. The normalized spacial score (nSPS) is 12.7. The minimum Gasteiger partial charge on any atom is -0.310 e. The summed E-state index contributed by atoms with van der Waals surface area (Å²) in [5.41, 5.74) is 2.90. The molecule has 0 aliphatic rings. The van der Waals surface area contributed by atoms with E-state index in [1.54, 1.807) is 6.07 Å². The maximum absolute atomic E-state index is 14.2. The van der Waals surface area contributed by atoms with Gasteiger partial charge in [0, 0.05) is 11.6 Å². The van der Waals surface area contributed by atoms with Crippen molar-refractivity contribution in [2.75, 3.05) is 18.6 Å². The second-order valence-corrected chi connectivity index (χ2v) is 5.75. The molecule has 0 amide bonds. The summed E-state index contributed by atoms with van der Waals surface area (Å²) in [5, 5.41) is 3.47. The predicted octanol–water partition coefficient (Wildman–Crippen LogP) is 4.24. The van der Waals surface area contributed by atoms with E-state index in [4.69, 9.17) is 0 Å². The lowest BCUT2D eigenvalue weighted by Gasteiger charge is -2.21. The first-order valence-electron chi connectivity index (χ1n) is 6.59. The number of rotatable bonds is 7. The first-order valence-corrected chi connectivity index (χ1v) is 7.98. The summed E-state index contributed by atoms with van der Waals surface area (Å²) in [6, 6.07) is 3.85. The zero-order chi connectivity index (χ0) is 13.5. The highest BCUT2D eigenvalue weighted by atomic mass is 32.2. The molecule has 0 radical (unpaired) electrons. The van der Waals surface area contributed by atoms with Crippen molar-refractivity contribution in [3.63, 3.8) is 0 Å². The summed E-state index contributed by atoms with van der Waals surface area (Å²) >= 11 is 1.81. The van der Waals surface area contributed by atoms with E-state index in [-0.39, 0.29) is 11.9 Å². The topological polar surface area (TPSA) is 12.0 Å². The maximum Gasteiger partial charge on any atom is 0.128 e. The number of hydrogen-bond acceptors (Lipinski definition) is 2. The molecule has 0 fully saturated rings. The van der Waals surface area contributed by atoms with Crippen LogP contribution in [0.3, 0.4) is 0 Å². The number of hydrogen-bond donors (Lipinski definition) is 1. The van der Waals surface area contributed by atoms with E-state index < -0.39 is 0 Å². The van der Waals surface area contributed by atoms with Crippen molar-refractivity contribution >= 4 is 11.8 Å². The monoisotopic (exact) mass is 269 g/mol. The quantitative estimate of drug-likeness (QED) is 0.794. The number of aryl methyl sites for hydroxylation is 2. The first kappa shape index (κ1) is 15.5. The number of thioether (sulfide) groups is 1. The fraction of sp³-hybridized carbons (Fsp3) is 0.600. The highest BCUT2D eigenvalue weighted by Gasteiger charge is 2.17. The smallest absolute Gasteiger partial charge is 0.128 e. The van der Waals surface area contributed by atoms with Crippen LogP contribution in [0.15, 0.2) is 12.1 Å². The highest BCUT2D eigenvalue weighted by molar-refractivity contribution is 7.98. The third-order valence-corrected chi connectivity index (χ3v) is 3.72. The summed E-state index contributed by atoms with van der Waals surface area (Å²) in [6.07, 6.45) is 4.14. The Balaban J connectivity index is 2.95. The highest BCUT2D eigenvalue weighted by Crippen LogP contribution is 2.26. The van der Waals surface area contributed by atoms with Crippen LogP contribution in [0, 0.1) is 19.7 Å². The lowest BCUT2D eigenvalue weighted by molar-refractivity contribution is 0.488. The van der Waals surface area contributed by atoms with Crippen LogP contribution in [0.2, 0.25) is 0 Å². The van der Waals surface area contributed by atoms with Crippen molar-refractivity contribution in [2.24, 2.45) is 0 Å². The Bertz CT molecular complexity index is 348. The fourth-order valence-electron chi connectivity index (χ4n) is 2.27. The molecule has 1 atom stereocenters. The van der Waals surface area contributed by atoms with E-state index in [2.05, 4.69) is 24.6 Å². The van der Waals surface area contributed by atoms with Crippen molar-refractivity contribution in [1.29, 1.82) is 0 Å². The van der Waals surface area contributed by atoms with Crippen molar-refractivity contribution < 1.29 is 4.39 Å². The van der Waals surface area contributed by atoms with Crippen LogP contribution < -0.4 is 5.32 Å². The van der Waals surface area contributed by atoms with E-state index in [0.717, 1.165) is 41.8 Å². The Hall–Kier alpha value is -0.540. The number of halogens is 1. The molecule has 1 aromatic carbocycles. The Morgan fingerprint density at radius 2 is 2.06 bits per heavy atom. The molecule has 1 nitrogen and oxygen atoms in total. The molecule has 0 saturated heterocycles. The van der Waals surface area contributed by atoms with Gasteiger partial charge in [-0.25, -0.2) is 4.39 Å². The molecule has 1 unspecified atom stereocenters. The molecule has 0 spiro atoms. The van der Waals surface area contributed by atoms with Gasteiger partial charge in [0.1, 0.15) is 5.82 Å². The van der Waals surface area contributed by atoms with Gasteiger partial charge in [0.25, 0.3) is 0 Å². The van der Waals surface area contributed by atoms with E-state index in [0.29, 0.717) is 0 Å². The van der Waals surface area contributed by atoms with Crippen LogP contribution in [0.1, 0.15) is 42.5 Å². The molecule has 0 bridgehead atoms. The average Bonchev–Trinajstić information content (AvgIpc) is 2.30. The van der Waals surface area contributed by atoms with Crippen LogP contribution in [-0.2, 0) is 0 Å². The molecule has 102 valence electrons. The van der Waals surface area contributed by atoms with E-state index in [1.807, 2.05) is 25.6 Å². The Labute approximate surface area is 115 Å². The van der Waals surface area contributed by atoms with Gasteiger partial charge < -0.3 is 5.32 Å². The third kappa shape index (κ3) is 4.29. The zero-order valence-corrected chi connectivity index (χ0v) is 12.7. The Morgan fingerprint density at radius 1 is 1.33 bits per heavy atom. The standard InChI is InChI=1S/C15H24FNS/c1-5-7-17-14(6-8-18-4)15-12(3)9-11(2)10-13(15)16/h9-10,14,17H,5-8H2,1-4H3. The molecule has 18 heavy (non-hydrogen) atoms. The van der Waals surface area contributed by atoms with E-state index in [1.165, 1.54) is 0 Å². The minimum absolute atomic E-state index is 0.0674. The molecule has 1 N–H and O–H groups in total. The molecular weight excluding hydrogens is 245 g/mol. The van der Waals surface area contributed by atoms with Crippen LogP contribution in [0.4, 0.5) is 4.39 Å². The molecule has 3 heteroatoms. The first-order chi connectivity index (χ1) is 8.60. The zero-order valence-electron chi connectivity index (χ0n) is 11.8. The van der Waals surface area contributed by atoms with Gasteiger partial charge in [0.15, 0.2) is 0 Å². The summed E-state index contributed by atoms with van der Waals surface area (Å²) in [7, 11) is 0. The van der Waals surface area contributed by atoms with E-state index >= 15 is 0 Å². The maximum atomic E-state index is 14.2. The van der Waals surface area contributed by atoms with Gasteiger partial charge in [0.05, 0.1) is 0 Å². The molecule has 1 aromatic rings. The molecule has 0 aliphatic carbocycles. The Morgan fingerprint density at radius 3 is 2.61 bits per heavy atom. The van der Waals surface area contributed by atoms with Crippen molar-refractivity contribution in [2.45, 2.75) is 39.7 Å². The molecular formula is C15H24FNS. The summed E-state index contributed by atoms with van der Waals surface area (Å²) in [5.74, 6) is 0.982. The van der Waals surface area contributed by atoms with Gasteiger partial charge in [-0.15, -0.1) is 0 Å². The van der Waals surface area contributed by atoms with Crippen molar-refractivity contribution in [1.82, 2.24) is 5.32 Å². The summed E-state index contributed by atoms with van der Waals surface area (Å²) in [6.45, 7) is 7.02. The van der Waals surface area contributed by atoms with Gasteiger partial charge in [-0.3, -0.25) is 0 Å². The molecule has 0 heterocycles. The number of nitrogens with one attached hydrogen (secondary N) is 1. The largest absolute Gasteiger partial charge is 0.310 e. The van der Waals surface area contributed by atoms with E-state index in [9.17, 15) is 4.39 Å². The van der Waals surface area contributed by atoms with Gasteiger partial charge >= 0.3 is 0 Å². The molecule has 1 rings (SSSR count). The minimum atomic E-state index is -0.0674. The van der Waals surface area contributed by atoms with Gasteiger partial charge in [0.2, 0.25) is 0 Å². The van der Waals surface area contributed by atoms with Crippen molar-refractivity contribution in [3.8, 4) is 0 Å². The summed E-state index contributed by atoms with van der Waals surface area (Å²) < 4.78 is 14.2. The summed E-state index contributed by atoms with van der Waals surface area (Å²) in [4.78, 5) is 0. The van der Waals surface area contributed by atoms with Gasteiger partial charge in [-0.1, -0.05) is 13.0 Å². The predicted molar refractivity (Wildman–Crippen MR) is 79.9 cm³/mol. The average molecular weight is 269 g/mol. The lowest BCUT2D eigenvalue weighted by atomic mass is 9.96. The van der Waals surface area contributed by atoms with Crippen LogP contribution >= 0.6 is 11.8 Å². The molecule has 0 aromatic heterocycles. The fourth-order valence-corrected chi connectivity index (χ4v) is 2.74.